The van der Waals surface area contributed by atoms with Crippen LogP contribution in [0.25, 0.3) is 22.3 Å². The Hall–Kier alpha value is -3.47. The first-order valence-corrected chi connectivity index (χ1v) is 7.78. The van der Waals surface area contributed by atoms with Crippen LogP contribution in [0, 0.1) is 5.82 Å². The summed E-state index contributed by atoms with van der Waals surface area (Å²) in [5.41, 5.74) is 2.02. The lowest BCUT2D eigenvalue weighted by atomic mass is 10.1. The van der Waals surface area contributed by atoms with E-state index >= 15 is 0 Å². The largest absolute Gasteiger partial charge is 0.507 e. The van der Waals surface area contributed by atoms with E-state index in [1.165, 1.54) is 12.1 Å². The Balaban J connectivity index is 1.87. The first-order chi connectivity index (χ1) is 12.2. The van der Waals surface area contributed by atoms with Gasteiger partial charge in [-0.3, -0.25) is 0 Å². The summed E-state index contributed by atoms with van der Waals surface area (Å²) in [7, 11) is 0. The molecular formula is C20H14FN3O. The number of aromatic hydroxyl groups is 1. The summed E-state index contributed by atoms with van der Waals surface area (Å²) in [4.78, 5) is 9.13. The van der Waals surface area contributed by atoms with E-state index in [1.807, 2.05) is 30.3 Å². The van der Waals surface area contributed by atoms with Crippen LogP contribution in [0.4, 0.5) is 15.9 Å². The van der Waals surface area contributed by atoms with Gasteiger partial charge >= 0.3 is 0 Å². The van der Waals surface area contributed by atoms with Crippen molar-refractivity contribution >= 4 is 22.4 Å². The lowest BCUT2D eigenvalue weighted by Crippen LogP contribution is -1.99. The molecule has 0 saturated heterocycles. The molecule has 1 aromatic heterocycles. The Kier molecular flexibility index (Phi) is 3.74. The summed E-state index contributed by atoms with van der Waals surface area (Å²) in [6.07, 6.45) is 0. The Labute approximate surface area is 143 Å². The lowest BCUT2D eigenvalue weighted by Gasteiger charge is -2.11. The van der Waals surface area contributed by atoms with Crippen molar-refractivity contribution in [1.29, 1.82) is 0 Å². The van der Waals surface area contributed by atoms with Gasteiger partial charge in [0.15, 0.2) is 5.82 Å². The van der Waals surface area contributed by atoms with Crippen LogP contribution in [0.5, 0.6) is 5.75 Å². The fraction of sp³-hybridized carbons (Fsp3) is 0. The third-order valence-corrected chi connectivity index (χ3v) is 3.86. The van der Waals surface area contributed by atoms with Gasteiger partial charge in [-0.1, -0.05) is 24.3 Å². The highest BCUT2D eigenvalue weighted by molar-refractivity contribution is 5.92. The summed E-state index contributed by atoms with van der Waals surface area (Å²) in [5.74, 6) is 0.829. The molecule has 0 aliphatic heterocycles. The number of hydrogen-bond donors (Lipinski definition) is 2. The normalized spacial score (nSPS) is 10.8. The Bertz CT molecular complexity index is 1050. The number of benzene rings is 3. The Morgan fingerprint density at radius 2 is 1.52 bits per heavy atom. The third-order valence-electron chi connectivity index (χ3n) is 3.86. The van der Waals surface area contributed by atoms with Crippen molar-refractivity contribution in [2.24, 2.45) is 0 Å². The number of hydrogen-bond acceptors (Lipinski definition) is 4. The SMILES string of the molecule is Oc1ccccc1-c1nc(Nc2ccc(F)cc2)c2ccccc2n1. The maximum absolute atomic E-state index is 13.1. The van der Waals surface area contributed by atoms with Crippen molar-refractivity contribution < 1.29 is 9.50 Å². The van der Waals surface area contributed by atoms with E-state index < -0.39 is 0 Å². The second-order valence-corrected chi connectivity index (χ2v) is 5.56. The molecule has 0 atom stereocenters. The molecule has 25 heavy (non-hydrogen) atoms. The van der Waals surface area contributed by atoms with Crippen LogP contribution in [0.15, 0.2) is 72.8 Å². The van der Waals surface area contributed by atoms with Crippen molar-refractivity contribution in [3.8, 4) is 17.1 Å². The number of rotatable bonds is 3. The fourth-order valence-corrected chi connectivity index (χ4v) is 2.63. The predicted octanol–water partition coefficient (Wildman–Crippen LogP) is 4.89. The molecular weight excluding hydrogens is 317 g/mol. The van der Waals surface area contributed by atoms with Gasteiger partial charge in [0.1, 0.15) is 17.4 Å². The standard InChI is InChI=1S/C20H14FN3O/c21-13-9-11-14(12-10-13)22-19-15-5-1-3-7-17(15)23-20(24-19)16-6-2-4-8-18(16)25/h1-12,25H,(H,22,23,24). The van der Waals surface area contributed by atoms with E-state index in [0.29, 0.717) is 22.9 Å². The summed E-state index contributed by atoms with van der Waals surface area (Å²) < 4.78 is 13.1. The molecule has 4 nitrogen and oxygen atoms in total. The number of para-hydroxylation sites is 2. The zero-order valence-corrected chi connectivity index (χ0v) is 13.1. The van der Waals surface area contributed by atoms with Gasteiger partial charge < -0.3 is 10.4 Å². The quantitative estimate of drug-likeness (QED) is 0.561. The second kappa shape index (κ2) is 6.20. The number of anilines is 2. The van der Waals surface area contributed by atoms with Crippen molar-refractivity contribution in [2.75, 3.05) is 5.32 Å². The average molecular weight is 331 g/mol. The zero-order valence-electron chi connectivity index (χ0n) is 13.1. The molecule has 4 aromatic rings. The van der Waals surface area contributed by atoms with Gasteiger partial charge in [0.2, 0.25) is 0 Å². The number of halogens is 1. The summed E-state index contributed by atoms with van der Waals surface area (Å²) in [5, 5.41) is 14.1. The molecule has 0 fully saturated rings. The second-order valence-electron chi connectivity index (χ2n) is 5.56. The summed E-state index contributed by atoms with van der Waals surface area (Å²) in [6, 6.07) is 20.6. The first-order valence-electron chi connectivity index (χ1n) is 7.78. The van der Waals surface area contributed by atoms with Crippen molar-refractivity contribution in [3.05, 3.63) is 78.6 Å². The van der Waals surface area contributed by atoms with E-state index in [1.54, 1.807) is 30.3 Å². The summed E-state index contributed by atoms with van der Waals surface area (Å²) >= 11 is 0. The molecule has 3 aromatic carbocycles. The molecule has 0 aliphatic rings. The molecule has 0 spiro atoms. The number of aromatic nitrogens is 2. The van der Waals surface area contributed by atoms with Gasteiger partial charge in [0, 0.05) is 11.1 Å². The van der Waals surface area contributed by atoms with Gasteiger partial charge in [-0.25, -0.2) is 14.4 Å². The molecule has 0 bridgehead atoms. The van der Waals surface area contributed by atoms with E-state index in [4.69, 9.17) is 0 Å². The maximum atomic E-state index is 13.1. The molecule has 0 saturated carbocycles. The molecule has 0 aliphatic carbocycles. The number of nitrogens with one attached hydrogen (secondary N) is 1. The first kappa shape index (κ1) is 15.1. The number of phenols is 1. The Morgan fingerprint density at radius 3 is 2.32 bits per heavy atom. The molecule has 122 valence electrons. The van der Waals surface area contributed by atoms with Crippen LogP contribution in [0.1, 0.15) is 0 Å². The number of phenolic OH excluding ortho intramolecular Hbond substituents is 1. The van der Waals surface area contributed by atoms with Crippen LogP contribution in [-0.2, 0) is 0 Å². The van der Waals surface area contributed by atoms with Crippen LogP contribution >= 0.6 is 0 Å². The maximum Gasteiger partial charge on any atom is 0.165 e. The van der Waals surface area contributed by atoms with Gasteiger partial charge in [0.25, 0.3) is 0 Å². The van der Waals surface area contributed by atoms with Crippen LogP contribution in [-0.4, -0.2) is 15.1 Å². The summed E-state index contributed by atoms with van der Waals surface area (Å²) in [6.45, 7) is 0. The highest BCUT2D eigenvalue weighted by Gasteiger charge is 2.12. The third kappa shape index (κ3) is 2.99. The molecule has 1 heterocycles. The average Bonchev–Trinajstić information content (AvgIpc) is 2.64. The molecule has 4 rings (SSSR count). The van der Waals surface area contributed by atoms with Crippen molar-refractivity contribution in [2.45, 2.75) is 0 Å². The van der Waals surface area contributed by atoms with Gasteiger partial charge in [-0.2, -0.15) is 0 Å². The van der Waals surface area contributed by atoms with Crippen LogP contribution in [0.3, 0.4) is 0 Å². The van der Waals surface area contributed by atoms with Crippen molar-refractivity contribution in [3.63, 3.8) is 0 Å². The van der Waals surface area contributed by atoms with Gasteiger partial charge in [-0.15, -0.1) is 0 Å². The van der Waals surface area contributed by atoms with E-state index in [0.717, 1.165) is 10.9 Å². The van der Waals surface area contributed by atoms with Crippen molar-refractivity contribution in [1.82, 2.24) is 9.97 Å². The molecule has 0 amide bonds. The molecule has 0 radical (unpaired) electrons. The van der Waals surface area contributed by atoms with E-state index in [-0.39, 0.29) is 11.6 Å². The van der Waals surface area contributed by atoms with E-state index in [9.17, 15) is 9.50 Å². The predicted molar refractivity (Wildman–Crippen MR) is 96.3 cm³/mol. The van der Waals surface area contributed by atoms with Crippen LogP contribution in [0.2, 0.25) is 0 Å². The highest BCUT2D eigenvalue weighted by atomic mass is 19.1. The molecule has 0 unspecified atom stereocenters. The number of fused-ring (bicyclic) bond motifs is 1. The molecule has 2 N–H and O–H groups in total. The van der Waals surface area contributed by atoms with E-state index in [2.05, 4.69) is 15.3 Å². The Morgan fingerprint density at radius 1 is 0.800 bits per heavy atom. The smallest absolute Gasteiger partial charge is 0.165 e. The monoisotopic (exact) mass is 331 g/mol. The highest BCUT2D eigenvalue weighted by Crippen LogP contribution is 2.31. The molecule has 5 heteroatoms. The number of nitrogens with zero attached hydrogens (tertiary/aromatic N) is 2. The fourth-order valence-electron chi connectivity index (χ4n) is 2.63. The lowest BCUT2D eigenvalue weighted by molar-refractivity contribution is 0.477. The van der Waals surface area contributed by atoms with Gasteiger partial charge in [-0.05, 0) is 48.5 Å². The minimum atomic E-state index is -0.298. The zero-order chi connectivity index (χ0) is 17.2. The minimum absolute atomic E-state index is 0.116. The van der Waals surface area contributed by atoms with Gasteiger partial charge in [0.05, 0.1) is 11.1 Å². The van der Waals surface area contributed by atoms with Crippen LogP contribution < -0.4 is 5.32 Å². The minimum Gasteiger partial charge on any atom is -0.507 e. The topological polar surface area (TPSA) is 58.0 Å².